The van der Waals surface area contributed by atoms with Crippen molar-refractivity contribution in [2.75, 3.05) is 26.4 Å². The molecule has 6 heteroatoms. The third-order valence-corrected chi connectivity index (χ3v) is 4.03. The zero-order chi connectivity index (χ0) is 12.0. The van der Waals surface area contributed by atoms with Gasteiger partial charge in [-0.2, -0.15) is 0 Å². The van der Waals surface area contributed by atoms with Crippen LogP contribution >= 0.6 is 23.1 Å². The Morgan fingerprint density at radius 1 is 1.56 bits per heavy atom. The monoisotopic (exact) mass is 258 g/mol. The van der Waals surface area contributed by atoms with Crippen molar-refractivity contribution in [3.63, 3.8) is 0 Å². The summed E-state index contributed by atoms with van der Waals surface area (Å²) in [6.07, 6.45) is 0. The van der Waals surface area contributed by atoms with Crippen molar-refractivity contribution in [2.24, 2.45) is 0 Å². The first-order valence-electron chi connectivity index (χ1n) is 4.74. The summed E-state index contributed by atoms with van der Waals surface area (Å²) < 4.78 is 1.11. The number of thiophene rings is 1. The summed E-state index contributed by atoms with van der Waals surface area (Å²) in [7, 11) is 3.19. The molecule has 1 rings (SSSR count). The number of hydrogen-bond donors (Lipinski definition) is 1. The number of nitrogens with zero attached hydrogens (tertiary/aromatic N) is 1. The third-order valence-electron chi connectivity index (χ3n) is 1.92. The Labute approximate surface area is 103 Å². The van der Waals surface area contributed by atoms with E-state index in [2.05, 4.69) is 5.32 Å². The topological polar surface area (TPSA) is 49.4 Å². The van der Waals surface area contributed by atoms with Crippen LogP contribution in [-0.2, 0) is 9.59 Å². The molecule has 16 heavy (non-hydrogen) atoms. The number of likely N-dealkylation sites (N-methyl/N-ethyl adjacent to an activating group) is 2. The van der Waals surface area contributed by atoms with E-state index in [1.165, 1.54) is 16.7 Å². The zero-order valence-electron chi connectivity index (χ0n) is 9.23. The largest absolute Gasteiger partial charge is 0.358 e. The standard InChI is InChI=1S/C10H14N2O2S2/c1-11-8(13)6-12(2)9(14)7-16-10-4-3-5-15-10/h3-5H,6-7H2,1-2H3,(H,11,13). The molecule has 88 valence electrons. The van der Waals surface area contributed by atoms with E-state index in [4.69, 9.17) is 0 Å². The average Bonchev–Trinajstić information content (AvgIpc) is 2.78. The van der Waals surface area contributed by atoms with E-state index >= 15 is 0 Å². The number of thioether (sulfide) groups is 1. The van der Waals surface area contributed by atoms with Gasteiger partial charge in [-0.15, -0.1) is 23.1 Å². The second-order valence-electron chi connectivity index (χ2n) is 3.14. The van der Waals surface area contributed by atoms with Gasteiger partial charge in [-0.3, -0.25) is 9.59 Å². The fourth-order valence-corrected chi connectivity index (χ4v) is 2.70. The number of hydrogen-bond acceptors (Lipinski definition) is 4. The predicted octanol–water partition coefficient (Wildman–Crippen LogP) is 1.04. The molecule has 0 atom stereocenters. The minimum Gasteiger partial charge on any atom is -0.358 e. The quantitative estimate of drug-likeness (QED) is 0.803. The molecular formula is C10H14N2O2S2. The maximum atomic E-state index is 11.6. The molecule has 0 aromatic carbocycles. The van der Waals surface area contributed by atoms with Crippen LogP contribution in [0, 0.1) is 0 Å². The third kappa shape index (κ3) is 4.24. The number of carbonyl (C=O) groups is 2. The van der Waals surface area contributed by atoms with Gasteiger partial charge in [0.1, 0.15) is 0 Å². The first kappa shape index (κ1) is 13.1. The van der Waals surface area contributed by atoms with Gasteiger partial charge in [-0.05, 0) is 11.4 Å². The highest BCUT2D eigenvalue weighted by atomic mass is 32.2. The fourth-order valence-electron chi connectivity index (χ4n) is 0.971. The second-order valence-corrected chi connectivity index (χ2v) is 5.37. The molecule has 0 aliphatic rings. The zero-order valence-corrected chi connectivity index (χ0v) is 10.9. The molecule has 1 aromatic heterocycles. The van der Waals surface area contributed by atoms with Crippen molar-refractivity contribution < 1.29 is 9.59 Å². The van der Waals surface area contributed by atoms with Crippen LogP contribution in [0.5, 0.6) is 0 Å². The SMILES string of the molecule is CNC(=O)CN(C)C(=O)CSc1cccs1. The molecule has 0 spiro atoms. The van der Waals surface area contributed by atoms with Crippen molar-refractivity contribution in [2.45, 2.75) is 4.21 Å². The summed E-state index contributed by atoms with van der Waals surface area (Å²) in [5.41, 5.74) is 0. The van der Waals surface area contributed by atoms with Gasteiger partial charge >= 0.3 is 0 Å². The molecule has 0 radical (unpaired) electrons. The van der Waals surface area contributed by atoms with Crippen molar-refractivity contribution >= 4 is 34.9 Å². The minimum absolute atomic E-state index is 0.0398. The second kappa shape index (κ2) is 6.55. The molecule has 0 saturated carbocycles. The molecule has 2 amide bonds. The molecule has 4 nitrogen and oxygen atoms in total. The maximum absolute atomic E-state index is 11.6. The molecule has 1 N–H and O–H groups in total. The van der Waals surface area contributed by atoms with E-state index in [0.717, 1.165) is 4.21 Å². The first-order valence-corrected chi connectivity index (χ1v) is 6.61. The van der Waals surface area contributed by atoms with Gasteiger partial charge in [0, 0.05) is 14.1 Å². The van der Waals surface area contributed by atoms with Gasteiger partial charge in [0.25, 0.3) is 0 Å². The highest BCUT2D eigenvalue weighted by Gasteiger charge is 2.12. The van der Waals surface area contributed by atoms with Crippen molar-refractivity contribution in [1.29, 1.82) is 0 Å². The van der Waals surface area contributed by atoms with Gasteiger partial charge in [-0.25, -0.2) is 0 Å². The lowest BCUT2D eigenvalue weighted by Crippen LogP contribution is -2.37. The lowest BCUT2D eigenvalue weighted by Gasteiger charge is -2.15. The Hall–Kier alpha value is -1.01. The van der Waals surface area contributed by atoms with Crippen LogP contribution in [0.15, 0.2) is 21.7 Å². The summed E-state index contributed by atoms with van der Waals surface area (Å²) in [6.45, 7) is 0.111. The van der Waals surface area contributed by atoms with Crippen LogP contribution in [0.1, 0.15) is 0 Å². The van der Waals surface area contributed by atoms with E-state index in [9.17, 15) is 9.59 Å². The molecule has 0 unspecified atom stereocenters. The molecular weight excluding hydrogens is 244 g/mol. The minimum atomic E-state index is -0.156. The predicted molar refractivity (Wildman–Crippen MR) is 66.7 cm³/mol. The summed E-state index contributed by atoms with van der Waals surface area (Å²) in [5, 5.41) is 4.46. The van der Waals surface area contributed by atoms with Crippen molar-refractivity contribution in [1.82, 2.24) is 10.2 Å². The van der Waals surface area contributed by atoms with Crippen LogP contribution in [0.4, 0.5) is 0 Å². The maximum Gasteiger partial charge on any atom is 0.239 e. The number of rotatable bonds is 5. The van der Waals surface area contributed by atoms with Gasteiger partial charge in [0.05, 0.1) is 16.5 Å². The Kier molecular flexibility index (Phi) is 5.34. The Morgan fingerprint density at radius 2 is 2.31 bits per heavy atom. The number of amides is 2. The summed E-state index contributed by atoms with van der Waals surface area (Å²) in [5.74, 6) is 0.174. The van der Waals surface area contributed by atoms with Crippen LogP contribution in [0.25, 0.3) is 0 Å². The lowest BCUT2D eigenvalue weighted by atomic mass is 10.5. The molecule has 1 heterocycles. The molecule has 1 aromatic rings. The highest BCUT2D eigenvalue weighted by Crippen LogP contribution is 2.23. The summed E-state index contributed by atoms with van der Waals surface area (Å²) >= 11 is 3.10. The molecule has 0 bridgehead atoms. The molecule has 0 fully saturated rings. The first-order chi connectivity index (χ1) is 7.63. The number of carbonyl (C=O) groups excluding carboxylic acids is 2. The van der Waals surface area contributed by atoms with Gasteiger partial charge in [0.2, 0.25) is 11.8 Å². The Morgan fingerprint density at radius 3 is 2.88 bits per heavy atom. The van der Waals surface area contributed by atoms with Crippen LogP contribution < -0.4 is 5.32 Å². The van der Waals surface area contributed by atoms with Crippen LogP contribution in [0.3, 0.4) is 0 Å². The van der Waals surface area contributed by atoms with E-state index in [1.54, 1.807) is 25.4 Å². The fraction of sp³-hybridized carbons (Fsp3) is 0.400. The smallest absolute Gasteiger partial charge is 0.239 e. The number of nitrogens with one attached hydrogen (secondary N) is 1. The van der Waals surface area contributed by atoms with E-state index in [-0.39, 0.29) is 18.4 Å². The summed E-state index contributed by atoms with van der Waals surface area (Å²) in [6, 6.07) is 3.92. The Bertz CT molecular complexity index is 352. The normalized spacial score (nSPS) is 9.88. The van der Waals surface area contributed by atoms with Gasteiger partial charge in [0.15, 0.2) is 0 Å². The van der Waals surface area contributed by atoms with E-state index in [0.29, 0.717) is 5.75 Å². The van der Waals surface area contributed by atoms with Crippen molar-refractivity contribution in [3.8, 4) is 0 Å². The summed E-state index contributed by atoms with van der Waals surface area (Å²) in [4.78, 5) is 24.1. The Balaban J connectivity index is 2.31. The lowest BCUT2D eigenvalue weighted by molar-refractivity contribution is -0.132. The van der Waals surface area contributed by atoms with Crippen LogP contribution in [0.2, 0.25) is 0 Å². The van der Waals surface area contributed by atoms with Crippen LogP contribution in [-0.4, -0.2) is 43.1 Å². The highest BCUT2D eigenvalue weighted by molar-refractivity contribution is 8.01. The van der Waals surface area contributed by atoms with Crippen molar-refractivity contribution in [3.05, 3.63) is 17.5 Å². The molecule has 0 aliphatic heterocycles. The molecule has 0 saturated heterocycles. The molecule has 0 aliphatic carbocycles. The van der Waals surface area contributed by atoms with E-state index in [1.807, 2.05) is 17.5 Å². The van der Waals surface area contributed by atoms with Gasteiger partial charge < -0.3 is 10.2 Å². The van der Waals surface area contributed by atoms with Gasteiger partial charge in [-0.1, -0.05) is 6.07 Å². The average molecular weight is 258 g/mol. The van der Waals surface area contributed by atoms with E-state index < -0.39 is 0 Å².